The molecule has 158 valence electrons. The third-order valence-electron chi connectivity index (χ3n) is 4.90. The van der Waals surface area contributed by atoms with Gasteiger partial charge in [0.2, 0.25) is 0 Å². The van der Waals surface area contributed by atoms with Gasteiger partial charge in [-0.3, -0.25) is 4.79 Å². The molecule has 2 rings (SSSR count). The van der Waals surface area contributed by atoms with Gasteiger partial charge in [-0.15, -0.1) is 0 Å². The summed E-state index contributed by atoms with van der Waals surface area (Å²) in [6.07, 6.45) is 3.72. The van der Waals surface area contributed by atoms with Crippen LogP contribution in [-0.4, -0.2) is 47.9 Å². The van der Waals surface area contributed by atoms with Gasteiger partial charge in [0.25, 0.3) is 0 Å². The third kappa shape index (κ3) is 6.15. The van der Waals surface area contributed by atoms with Gasteiger partial charge in [-0.25, -0.2) is 9.59 Å². The highest BCUT2D eigenvalue weighted by Gasteiger charge is 2.44. The topological polar surface area (TPSA) is 99.1 Å². The van der Waals surface area contributed by atoms with Crippen LogP contribution < -0.4 is 0 Å². The standard InChI is InChI=1S/C22H28O7/c1-12-8-17(24)9-13(2)11-19-20(15(4)22(26)29-19)18(10-12)28-21(25)14(3)6-7-27-16(5)23/h6,8,11,17-20,24H,4,7,9-10H2,1-3,5H3/b12-8+,13-11+,14-6-/t17-,18+,19+,20+/m0/s1. The van der Waals surface area contributed by atoms with E-state index >= 15 is 0 Å². The minimum Gasteiger partial charge on any atom is -0.462 e. The molecule has 0 saturated carbocycles. The largest absolute Gasteiger partial charge is 0.462 e. The van der Waals surface area contributed by atoms with E-state index in [1.807, 2.05) is 13.8 Å². The first-order valence-electron chi connectivity index (χ1n) is 9.52. The number of aliphatic hydroxyl groups excluding tert-OH is 1. The number of hydrogen-bond acceptors (Lipinski definition) is 7. The fraction of sp³-hybridized carbons (Fsp3) is 0.500. The summed E-state index contributed by atoms with van der Waals surface area (Å²) in [7, 11) is 0. The van der Waals surface area contributed by atoms with E-state index in [4.69, 9.17) is 14.2 Å². The van der Waals surface area contributed by atoms with Crippen molar-refractivity contribution in [2.45, 2.75) is 58.8 Å². The lowest BCUT2D eigenvalue weighted by molar-refractivity contribution is -0.147. The highest BCUT2D eigenvalue weighted by Crippen LogP contribution is 2.36. The molecule has 4 atom stereocenters. The number of aliphatic hydroxyl groups is 1. The molecule has 2 aliphatic rings. The van der Waals surface area contributed by atoms with Crippen molar-refractivity contribution in [2.75, 3.05) is 6.61 Å². The first-order valence-corrected chi connectivity index (χ1v) is 9.52. The highest BCUT2D eigenvalue weighted by atomic mass is 16.6. The van der Waals surface area contributed by atoms with Crippen LogP contribution in [0.2, 0.25) is 0 Å². The molecular formula is C22H28O7. The van der Waals surface area contributed by atoms with Crippen LogP contribution in [0.25, 0.3) is 0 Å². The molecule has 1 aliphatic heterocycles. The second-order valence-corrected chi connectivity index (χ2v) is 7.56. The Morgan fingerprint density at radius 3 is 2.55 bits per heavy atom. The van der Waals surface area contributed by atoms with Gasteiger partial charge in [-0.1, -0.05) is 23.8 Å². The SMILES string of the molecule is C=C1C(=O)O[C@@H]2/C=C(\C)C[C@@H](O)/C=C(\C)C[C@@H](OC(=O)/C(C)=C\COC(C)=O)[C@@H]12. The summed E-state index contributed by atoms with van der Waals surface area (Å²) < 4.78 is 16.0. The van der Waals surface area contributed by atoms with Crippen LogP contribution in [0.5, 0.6) is 0 Å². The zero-order valence-electron chi connectivity index (χ0n) is 17.3. The molecule has 0 unspecified atom stereocenters. The minimum atomic E-state index is -0.700. The zero-order chi connectivity index (χ0) is 21.7. The Bertz CT molecular complexity index is 787. The average molecular weight is 404 g/mol. The van der Waals surface area contributed by atoms with E-state index in [-0.39, 0.29) is 17.8 Å². The first-order chi connectivity index (χ1) is 13.6. The van der Waals surface area contributed by atoms with Gasteiger partial charge in [0.05, 0.1) is 12.0 Å². The Morgan fingerprint density at radius 2 is 1.90 bits per heavy atom. The predicted molar refractivity (Wildman–Crippen MR) is 106 cm³/mol. The van der Waals surface area contributed by atoms with E-state index in [1.54, 1.807) is 19.1 Å². The lowest BCUT2D eigenvalue weighted by Gasteiger charge is -2.28. The Labute approximate surface area is 170 Å². The van der Waals surface area contributed by atoms with Crippen molar-refractivity contribution in [1.82, 2.24) is 0 Å². The van der Waals surface area contributed by atoms with Crippen LogP contribution in [0, 0.1) is 5.92 Å². The Hall–Kier alpha value is -2.67. The maximum absolute atomic E-state index is 12.6. The predicted octanol–water partition coefficient (Wildman–Crippen LogP) is 2.55. The number of carbonyl (C=O) groups is 3. The molecular weight excluding hydrogens is 376 g/mol. The van der Waals surface area contributed by atoms with Crippen LogP contribution >= 0.6 is 0 Å². The summed E-state index contributed by atoms with van der Waals surface area (Å²) in [6.45, 7) is 10.3. The first kappa shape index (κ1) is 22.6. The Kier molecular flexibility index (Phi) is 7.56. The molecule has 0 aromatic carbocycles. The van der Waals surface area contributed by atoms with Gasteiger partial charge in [-0.05, 0) is 39.3 Å². The number of esters is 3. The summed E-state index contributed by atoms with van der Waals surface area (Å²) in [5.74, 6) is -2.08. The number of fused-ring (bicyclic) bond motifs is 1. The normalized spacial score (nSPS) is 31.6. The molecule has 1 aliphatic carbocycles. The monoisotopic (exact) mass is 404 g/mol. The number of hydrogen-bond donors (Lipinski definition) is 1. The zero-order valence-corrected chi connectivity index (χ0v) is 17.3. The van der Waals surface area contributed by atoms with Crippen molar-refractivity contribution in [3.63, 3.8) is 0 Å². The molecule has 0 aromatic heterocycles. The van der Waals surface area contributed by atoms with Gasteiger partial charge in [-0.2, -0.15) is 0 Å². The molecule has 0 amide bonds. The Morgan fingerprint density at radius 1 is 1.24 bits per heavy atom. The van der Waals surface area contributed by atoms with Crippen molar-refractivity contribution in [3.05, 3.63) is 47.1 Å². The summed E-state index contributed by atoms with van der Waals surface area (Å²) in [5, 5.41) is 10.2. The van der Waals surface area contributed by atoms with Crippen molar-refractivity contribution in [1.29, 1.82) is 0 Å². The summed E-state index contributed by atoms with van der Waals surface area (Å²) in [4.78, 5) is 35.6. The number of carbonyl (C=O) groups excluding carboxylic acids is 3. The third-order valence-corrected chi connectivity index (χ3v) is 4.90. The van der Waals surface area contributed by atoms with Crippen LogP contribution in [0.3, 0.4) is 0 Å². The quantitative estimate of drug-likeness (QED) is 0.333. The second kappa shape index (κ2) is 9.69. The molecule has 0 radical (unpaired) electrons. The van der Waals surface area contributed by atoms with Crippen molar-refractivity contribution in [3.8, 4) is 0 Å². The average Bonchev–Trinajstić information content (AvgIpc) is 2.86. The van der Waals surface area contributed by atoms with Crippen LogP contribution in [0.4, 0.5) is 0 Å². The molecule has 1 N–H and O–H groups in total. The Balaban J connectivity index is 2.29. The number of ether oxygens (including phenoxy) is 3. The van der Waals surface area contributed by atoms with E-state index in [2.05, 4.69) is 6.58 Å². The maximum atomic E-state index is 12.6. The van der Waals surface area contributed by atoms with Gasteiger partial charge in [0.1, 0.15) is 18.8 Å². The van der Waals surface area contributed by atoms with Gasteiger partial charge in [0.15, 0.2) is 0 Å². The summed E-state index contributed by atoms with van der Waals surface area (Å²) in [5.41, 5.74) is 2.23. The number of rotatable bonds is 4. The van der Waals surface area contributed by atoms with E-state index < -0.39 is 42.1 Å². The molecule has 1 saturated heterocycles. The lowest BCUT2D eigenvalue weighted by Crippen LogP contribution is -2.34. The second-order valence-electron chi connectivity index (χ2n) is 7.56. The molecule has 29 heavy (non-hydrogen) atoms. The van der Waals surface area contributed by atoms with Crippen molar-refractivity contribution >= 4 is 17.9 Å². The molecule has 7 heteroatoms. The molecule has 1 heterocycles. The van der Waals surface area contributed by atoms with E-state index in [0.29, 0.717) is 12.8 Å². The smallest absolute Gasteiger partial charge is 0.334 e. The van der Waals surface area contributed by atoms with Crippen molar-refractivity contribution in [2.24, 2.45) is 5.92 Å². The summed E-state index contributed by atoms with van der Waals surface area (Å²) in [6, 6.07) is 0. The van der Waals surface area contributed by atoms with Gasteiger partial charge in [0, 0.05) is 24.5 Å². The maximum Gasteiger partial charge on any atom is 0.334 e. The minimum absolute atomic E-state index is 0.0334. The highest BCUT2D eigenvalue weighted by molar-refractivity contribution is 5.92. The van der Waals surface area contributed by atoms with Gasteiger partial charge < -0.3 is 19.3 Å². The van der Waals surface area contributed by atoms with Crippen LogP contribution in [0.1, 0.15) is 40.5 Å². The van der Waals surface area contributed by atoms with Gasteiger partial charge >= 0.3 is 17.9 Å². The van der Waals surface area contributed by atoms with E-state index in [0.717, 1.165) is 11.1 Å². The summed E-state index contributed by atoms with van der Waals surface area (Å²) >= 11 is 0. The molecule has 7 nitrogen and oxygen atoms in total. The van der Waals surface area contributed by atoms with E-state index in [9.17, 15) is 19.5 Å². The van der Waals surface area contributed by atoms with Crippen LogP contribution in [0.15, 0.2) is 47.1 Å². The molecule has 0 bridgehead atoms. The fourth-order valence-corrected chi connectivity index (χ4v) is 3.47. The lowest BCUT2D eigenvalue weighted by atomic mass is 9.85. The fourth-order valence-electron chi connectivity index (χ4n) is 3.47. The van der Waals surface area contributed by atoms with Crippen LogP contribution in [-0.2, 0) is 28.6 Å². The molecule has 0 spiro atoms. The molecule has 0 aromatic rings. The van der Waals surface area contributed by atoms with Crippen molar-refractivity contribution < 1.29 is 33.7 Å². The van der Waals surface area contributed by atoms with E-state index in [1.165, 1.54) is 13.0 Å². The molecule has 1 fully saturated rings.